The highest BCUT2D eigenvalue weighted by Crippen LogP contribution is 2.35. The monoisotopic (exact) mass is 268 g/mol. The smallest absolute Gasteiger partial charge is 0.198 e. The van der Waals surface area contributed by atoms with Gasteiger partial charge in [0, 0.05) is 16.7 Å². The number of hydrogen-bond acceptors (Lipinski definition) is 4. The van der Waals surface area contributed by atoms with Gasteiger partial charge >= 0.3 is 0 Å². The highest BCUT2D eigenvalue weighted by atomic mass is 16.5. The van der Waals surface area contributed by atoms with Gasteiger partial charge in [-0.15, -0.1) is 0 Å². The molecule has 0 spiro atoms. The zero-order valence-corrected chi connectivity index (χ0v) is 11.1. The molecule has 0 aliphatic heterocycles. The van der Waals surface area contributed by atoms with Crippen molar-refractivity contribution < 1.29 is 19.4 Å². The number of phenols is 1. The fraction of sp³-hybridized carbons (Fsp3) is 0.125. The van der Waals surface area contributed by atoms with Crippen LogP contribution in [0, 0.1) is 6.92 Å². The van der Waals surface area contributed by atoms with Crippen molar-refractivity contribution >= 4 is 11.6 Å². The van der Waals surface area contributed by atoms with Gasteiger partial charge in [0.2, 0.25) is 0 Å². The number of ether oxygens (including phenoxy) is 1. The number of hydrogen-bond donors (Lipinski definition) is 1. The molecule has 0 amide bonds. The van der Waals surface area contributed by atoms with E-state index in [0.29, 0.717) is 22.4 Å². The summed E-state index contributed by atoms with van der Waals surface area (Å²) in [5, 5.41) is 10.1. The molecule has 2 aromatic carbocycles. The summed E-state index contributed by atoms with van der Waals surface area (Å²) >= 11 is 0. The van der Waals surface area contributed by atoms with Gasteiger partial charge < -0.3 is 9.84 Å². The third-order valence-electron chi connectivity index (χ3n) is 3.57. The van der Waals surface area contributed by atoms with Crippen LogP contribution in [0.4, 0.5) is 0 Å². The predicted octanol–water partition coefficient (Wildman–Crippen LogP) is 2.48. The molecule has 0 saturated carbocycles. The summed E-state index contributed by atoms with van der Waals surface area (Å²) in [6.07, 6.45) is 0. The minimum absolute atomic E-state index is 0.0904. The van der Waals surface area contributed by atoms with Crippen molar-refractivity contribution in [1.29, 1.82) is 0 Å². The SMILES string of the molecule is COc1ccc2c(c1)C(=O)c1ccc(C)c(O)c1C2=O. The van der Waals surface area contributed by atoms with Crippen molar-refractivity contribution in [2.45, 2.75) is 6.92 Å². The lowest BCUT2D eigenvalue weighted by molar-refractivity contribution is 0.0976. The van der Waals surface area contributed by atoms with Crippen molar-refractivity contribution in [3.8, 4) is 11.5 Å². The largest absolute Gasteiger partial charge is 0.507 e. The summed E-state index contributed by atoms with van der Waals surface area (Å²) in [6, 6.07) is 7.94. The summed E-state index contributed by atoms with van der Waals surface area (Å²) in [5.41, 5.74) is 1.50. The van der Waals surface area contributed by atoms with Gasteiger partial charge in [0.15, 0.2) is 11.6 Å². The number of aryl methyl sites for hydroxylation is 1. The Morgan fingerprint density at radius 3 is 2.35 bits per heavy atom. The van der Waals surface area contributed by atoms with Crippen molar-refractivity contribution in [2.24, 2.45) is 0 Å². The number of carbonyl (C=O) groups excluding carboxylic acids is 2. The second-order valence-electron chi connectivity index (χ2n) is 4.72. The van der Waals surface area contributed by atoms with E-state index in [9.17, 15) is 14.7 Å². The Kier molecular flexibility index (Phi) is 2.61. The molecule has 0 fully saturated rings. The van der Waals surface area contributed by atoms with E-state index in [4.69, 9.17) is 4.74 Å². The van der Waals surface area contributed by atoms with Crippen LogP contribution in [0.3, 0.4) is 0 Å². The Balaban J connectivity index is 2.30. The Hall–Kier alpha value is -2.62. The number of carbonyl (C=O) groups is 2. The van der Waals surface area contributed by atoms with Crippen molar-refractivity contribution in [1.82, 2.24) is 0 Å². The number of benzene rings is 2. The summed E-state index contributed by atoms with van der Waals surface area (Å²) in [4.78, 5) is 24.9. The molecule has 0 radical (unpaired) electrons. The molecule has 4 nitrogen and oxygen atoms in total. The molecule has 1 N–H and O–H groups in total. The maximum atomic E-state index is 12.5. The lowest BCUT2D eigenvalue weighted by Gasteiger charge is -2.19. The lowest BCUT2D eigenvalue weighted by atomic mass is 9.82. The summed E-state index contributed by atoms with van der Waals surface area (Å²) < 4.78 is 5.08. The first-order valence-corrected chi connectivity index (χ1v) is 6.14. The van der Waals surface area contributed by atoms with Gasteiger partial charge in [-0.1, -0.05) is 6.07 Å². The number of methoxy groups -OCH3 is 1. The van der Waals surface area contributed by atoms with Gasteiger partial charge in [0.25, 0.3) is 0 Å². The third kappa shape index (κ3) is 1.54. The number of phenolic OH excluding ortho intramolecular Hbond substituents is 1. The van der Waals surface area contributed by atoms with Gasteiger partial charge in [-0.05, 0) is 36.8 Å². The van der Waals surface area contributed by atoms with E-state index in [1.54, 1.807) is 37.3 Å². The van der Waals surface area contributed by atoms with Gasteiger partial charge in [-0.2, -0.15) is 0 Å². The molecule has 2 aromatic rings. The van der Waals surface area contributed by atoms with Crippen LogP contribution in [-0.2, 0) is 0 Å². The normalized spacial score (nSPS) is 12.9. The van der Waals surface area contributed by atoms with E-state index in [2.05, 4.69) is 0 Å². The molecule has 1 aliphatic carbocycles. The van der Waals surface area contributed by atoms with Gasteiger partial charge in [-0.25, -0.2) is 0 Å². The zero-order chi connectivity index (χ0) is 14.4. The fourth-order valence-electron chi connectivity index (χ4n) is 2.43. The van der Waals surface area contributed by atoms with Crippen LogP contribution in [0.25, 0.3) is 0 Å². The first kappa shape index (κ1) is 12.4. The number of aromatic hydroxyl groups is 1. The Labute approximate surface area is 115 Å². The Bertz CT molecular complexity index is 759. The molecule has 0 atom stereocenters. The van der Waals surface area contributed by atoms with Crippen LogP contribution in [0.5, 0.6) is 11.5 Å². The first-order chi connectivity index (χ1) is 9.54. The van der Waals surface area contributed by atoms with E-state index < -0.39 is 0 Å². The van der Waals surface area contributed by atoms with E-state index in [1.165, 1.54) is 7.11 Å². The Morgan fingerprint density at radius 2 is 1.65 bits per heavy atom. The quantitative estimate of drug-likeness (QED) is 0.736. The van der Waals surface area contributed by atoms with Crippen LogP contribution in [-0.4, -0.2) is 23.8 Å². The zero-order valence-electron chi connectivity index (χ0n) is 11.1. The summed E-state index contributed by atoms with van der Waals surface area (Å²) in [5.74, 6) is -0.214. The Morgan fingerprint density at radius 1 is 0.950 bits per heavy atom. The average Bonchev–Trinajstić information content (AvgIpc) is 2.47. The second-order valence-corrected chi connectivity index (χ2v) is 4.72. The minimum Gasteiger partial charge on any atom is -0.507 e. The molecular formula is C16H12O4. The van der Waals surface area contributed by atoms with Crippen LogP contribution in [0.15, 0.2) is 30.3 Å². The molecule has 0 saturated heterocycles. The molecule has 3 rings (SSSR count). The molecule has 100 valence electrons. The molecule has 1 aliphatic rings. The molecular weight excluding hydrogens is 256 g/mol. The van der Waals surface area contributed by atoms with E-state index >= 15 is 0 Å². The highest BCUT2D eigenvalue weighted by Gasteiger charge is 2.32. The molecule has 0 aromatic heterocycles. The van der Waals surface area contributed by atoms with Crippen molar-refractivity contribution in [2.75, 3.05) is 7.11 Å². The molecule has 0 unspecified atom stereocenters. The average molecular weight is 268 g/mol. The van der Waals surface area contributed by atoms with Crippen LogP contribution < -0.4 is 4.74 Å². The van der Waals surface area contributed by atoms with E-state index in [1.807, 2.05) is 0 Å². The van der Waals surface area contributed by atoms with E-state index in [0.717, 1.165) is 0 Å². The molecule has 0 heterocycles. The number of ketones is 2. The maximum absolute atomic E-state index is 12.5. The third-order valence-corrected chi connectivity index (χ3v) is 3.57. The van der Waals surface area contributed by atoms with Gasteiger partial charge in [0.05, 0.1) is 12.7 Å². The highest BCUT2D eigenvalue weighted by molar-refractivity contribution is 6.29. The second kappa shape index (κ2) is 4.20. The van der Waals surface area contributed by atoms with Gasteiger partial charge in [0.1, 0.15) is 11.5 Å². The molecule has 0 bridgehead atoms. The van der Waals surface area contributed by atoms with Crippen molar-refractivity contribution in [3.63, 3.8) is 0 Å². The fourth-order valence-corrected chi connectivity index (χ4v) is 2.43. The van der Waals surface area contributed by atoms with Crippen LogP contribution in [0.2, 0.25) is 0 Å². The summed E-state index contributed by atoms with van der Waals surface area (Å²) in [7, 11) is 1.50. The minimum atomic E-state index is -0.335. The summed E-state index contributed by atoms with van der Waals surface area (Å²) in [6.45, 7) is 1.69. The van der Waals surface area contributed by atoms with Crippen molar-refractivity contribution in [3.05, 3.63) is 58.1 Å². The molecule has 4 heteroatoms. The molecule has 20 heavy (non-hydrogen) atoms. The first-order valence-electron chi connectivity index (χ1n) is 6.14. The lowest BCUT2D eigenvalue weighted by Crippen LogP contribution is -2.21. The standard InChI is InChI=1S/C16H12O4/c1-8-3-5-11-13(14(8)17)16(19)10-6-4-9(20-2)7-12(10)15(11)18/h3-7,17H,1-2H3. The van der Waals surface area contributed by atoms with Crippen LogP contribution >= 0.6 is 0 Å². The maximum Gasteiger partial charge on any atom is 0.198 e. The number of fused-ring (bicyclic) bond motifs is 2. The van der Waals surface area contributed by atoms with Crippen LogP contribution in [0.1, 0.15) is 37.4 Å². The predicted molar refractivity (Wildman–Crippen MR) is 72.7 cm³/mol. The topological polar surface area (TPSA) is 63.6 Å². The number of rotatable bonds is 1. The van der Waals surface area contributed by atoms with E-state index in [-0.39, 0.29) is 28.4 Å². The van der Waals surface area contributed by atoms with Gasteiger partial charge in [-0.3, -0.25) is 9.59 Å².